The van der Waals surface area contributed by atoms with Gasteiger partial charge < -0.3 is 9.84 Å². The van der Waals surface area contributed by atoms with E-state index in [4.69, 9.17) is 16.1 Å². The Morgan fingerprint density at radius 2 is 2.35 bits per heavy atom. The molecule has 0 radical (unpaired) electrons. The van der Waals surface area contributed by atoms with Crippen LogP contribution in [0.4, 0.5) is 0 Å². The Morgan fingerprint density at radius 3 is 3.15 bits per heavy atom. The molecule has 1 aliphatic rings. The number of aromatic nitrogens is 2. The van der Waals surface area contributed by atoms with E-state index >= 15 is 0 Å². The Labute approximate surface area is 131 Å². The van der Waals surface area contributed by atoms with Crippen molar-refractivity contribution < 1.29 is 4.52 Å². The van der Waals surface area contributed by atoms with E-state index in [1.54, 1.807) is 0 Å². The third-order valence-corrected chi connectivity index (χ3v) is 4.42. The van der Waals surface area contributed by atoms with Crippen LogP contribution >= 0.6 is 27.5 Å². The summed E-state index contributed by atoms with van der Waals surface area (Å²) in [4.78, 5) is 4.48. The largest absolute Gasteiger partial charge is 0.334 e. The molecule has 2 heterocycles. The lowest BCUT2D eigenvalue weighted by Crippen LogP contribution is -2.31. The second-order valence-electron chi connectivity index (χ2n) is 5.06. The Morgan fingerprint density at radius 1 is 1.45 bits per heavy atom. The van der Waals surface area contributed by atoms with Crippen molar-refractivity contribution in [3.05, 3.63) is 33.5 Å². The molecule has 6 heteroatoms. The number of nitrogens with zero attached hydrogens (tertiary/aromatic N) is 2. The summed E-state index contributed by atoms with van der Waals surface area (Å²) in [6.45, 7) is 2.15. The van der Waals surface area contributed by atoms with Gasteiger partial charge in [-0.2, -0.15) is 4.98 Å². The number of hydrogen-bond donors (Lipinski definition) is 1. The second-order valence-corrected chi connectivity index (χ2v) is 6.35. The molecule has 4 nitrogen and oxygen atoms in total. The first-order chi connectivity index (χ1) is 9.72. The highest BCUT2D eigenvalue weighted by Gasteiger charge is 2.18. The van der Waals surface area contributed by atoms with Crippen LogP contribution in [0, 0.1) is 5.92 Å². The molecule has 20 heavy (non-hydrogen) atoms. The average Bonchev–Trinajstić information content (AvgIpc) is 2.91. The number of halogens is 2. The molecule has 1 aromatic carbocycles. The van der Waals surface area contributed by atoms with Gasteiger partial charge in [-0.15, -0.1) is 0 Å². The molecule has 106 valence electrons. The lowest BCUT2D eigenvalue weighted by atomic mass is 9.96. The van der Waals surface area contributed by atoms with Crippen molar-refractivity contribution in [3.8, 4) is 11.5 Å². The molecule has 0 aliphatic carbocycles. The molecule has 2 aromatic rings. The molecule has 0 amide bonds. The lowest BCUT2D eigenvalue weighted by molar-refractivity contribution is 0.360. The van der Waals surface area contributed by atoms with Gasteiger partial charge in [-0.25, -0.2) is 0 Å². The third-order valence-electron chi connectivity index (χ3n) is 3.50. The molecule has 1 atom stereocenters. The van der Waals surface area contributed by atoms with E-state index < -0.39 is 0 Å². The third kappa shape index (κ3) is 3.22. The summed E-state index contributed by atoms with van der Waals surface area (Å²) in [5.41, 5.74) is 0.831. The number of piperidine rings is 1. The first-order valence-corrected chi connectivity index (χ1v) is 7.88. The molecule has 1 saturated heterocycles. The van der Waals surface area contributed by atoms with Gasteiger partial charge in [-0.1, -0.05) is 16.8 Å². The fourth-order valence-electron chi connectivity index (χ4n) is 2.46. The zero-order valence-electron chi connectivity index (χ0n) is 10.9. The summed E-state index contributed by atoms with van der Waals surface area (Å²) >= 11 is 9.49. The summed E-state index contributed by atoms with van der Waals surface area (Å²) < 4.78 is 6.26. The molecule has 0 spiro atoms. The van der Waals surface area contributed by atoms with Gasteiger partial charge in [0.25, 0.3) is 5.89 Å². The highest BCUT2D eigenvalue weighted by molar-refractivity contribution is 9.10. The Balaban J connectivity index is 1.77. The summed E-state index contributed by atoms with van der Waals surface area (Å²) in [5.74, 6) is 1.87. The fourth-order valence-corrected chi connectivity index (χ4v) is 3.05. The van der Waals surface area contributed by atoms with Crippen molar-refractivity contribution in [2.75, 3.05) is 13.1 Å². The minimum atomic E-state index is 0.512. The number of rotatable bonds is 3. The van der Waals surface area contributed by atoms with Crippen LogP contribution in [-0.4, -0.2) is 23.2 Å². The Hall–Kier alpha value is -0.910. The van der Waals surface area contributed by atoms with Crippen molar-refractivity contribution in [3.63, 3.8) is 0 Å². The van der Waals surface area contributed by atoms with Gasteiger partial charge in [0.1, 0.15) is 0 Å². The second kappa shape index (κ2) is 6.24. The Bertz CT molecular complexity index is 596. The van der Waals surface area contributed by atoms with E-state index in [2.05, 4.69) is 31.4 Å². The van der Waals surface area contributed by atoms with E-state index in [1.165, 1.54) is 12.8 Å². The van der Waals surface area contributed by atoms with E-state index in [0.29, 0.717) is 16.8 Å². The Kier molecular flexibility index (Phi) is 4.38. The maximum Gasteiger partial charge on any atom is 0.259 e. The molecular formula is C14H15BrClN3O. The van der Waals surface area contributed by atoms with Crippen molar-refractivity contribution in [2.24, 2.45) is 5.92 Å². The minimum Gasteiger partial charge on any atom is -0.334 e. The van der Waals surface area contributed by atoms with E-state index in [9.17, 15) is 0 Å². The van der Waals surface area contributed by atoms with Gasteiger partial charge in [0.2, 0.25) is 0 Å². The van der Waals surface area contributed by atoms with Gasteiger partial charge in [-0.05, 0) is 66.0 Å². The fraction of sp³-hybridized carbons (Fsp3) is 0.429. The van der Waals surface area contributed by atoms with Crippen LogP contribution < -0.4 is 5.32 Å². The molecule has 1 aromatic heterocycles. The highest BCUT2D eigenvalue weighted by Crippen LogP contribution is 2.30. The highest BCUT2D eigenvalue weighted by atomic mass is 79.9. The maximum atomic E-state index is 6.01. The van der Waals surface area contributed by atoms with Crippen molar-refractivity contribution in [2.45, 2.75) is 19.3 Å². The summed E-state index contributed by atoms with van der Waals surface area (Å²) in [5, 5.41) is 8.13. The molecule has 3 rings (SSSR count). The van der Waals surface area contributed by atoms with Gasteiger partial charge in [0.05, 0.1) is 5.56 Å². The van der Waals surface area contributed by atoms with E-state index in [-0.39, 0.29) is 0 Å². The molecule has 0 saturated carbocycles. The zero-order valence-corrected chi connectivity index (χ0v) is 13.2. The van der Waals surface area contributed by atoms with Crippen LogP contribution in [0.5, 0.6) is 0 Å². The number of benzene rings is 1. The van der Waals surface area contributed by atoms with Crippen LogP contribution in [0.1, 0.15) is 18.7 Å². The first-order valence-electron chi connectivity index (χ1n) is 6.71. The lowest BCUT2D eigenvalue weighted by Gasteiger charge is -2.20. The van der Waals surface area contributed by atoms with E-state index in [1.807, 2.05) is 18.2 Å². The molecular weight excluding hydrogens is 342 g/mol. The van der Waals surface area contributed by atoms with Crippen molar-refractivity contribution >= 4 is 27.5 Å². The van der Waals surface area contributed by atoms with Crippen molar-refractivity contribution in [1.82, 2.24) is 15.5 Å². The minimum absolute atomic E-state index is 0.512. The predicted octanol–water partition coefficient (Wildman–Crippen LogP) is 3.69. The smallest absolute Gasteiger partial charge is 0.259 e. The number of hydrogen-bond acceptors (Lipinski definition) is 4. The predicted molar refractivity (Wildman–Crippen MR) is 81.7 cm³/mol. The number of nitrogens with one attached hydrogen (secondary N) is 1. The monoisotopic (exact) mass is 355 g/mol. The molecule has 1 unspecified atom stereocenters. The summed E-state index contributed by atoms with van der Waals surface area (Å²) in [6.07, 6.45) is 3.29. The molecule has 1 N–H and O–H groups in total. The van der Waals surface area contributed by atoms with Gasteiger partial charge >= 0.3 is 0 Å². The van der Waals surface area contributed by atoms with Crippen LogP contribution in [-0.2, 0) is 6.42 Å². The van der Waals surface area contributed by atoms with E-state index in [0.717, 1.165) is 35.4 Å². The van der Waals surface area contributed by atoms with Gasteiger partial charge in [0, 0.05) is 15.9 Å². The normalized spacial score (nSPS) is 19.2. The van der Waals surface area contributed by atoms with Crippen LogP contribution in [0.2, 0.25) is 5.02 Å². The topological polar surface area (TPSA) is 51.0 Å². The van der Waals surface area contributed by atoms with Crippen LogP contribution in [0.25, 0.3) is 11.5 Å². The maximum absolute atomic E-state index is 6.01. The summed E-state index contributed by atoms with van der Waals surface area (Å²) in [6, 6.07) is 5.53. The van der Waals surface area contributed by atoms with Crippen LogP contribution in [0.15, 0.2) is 27.2 Å². The van der Waals surface area contributed by atoms with Gasteiger partial charge in [-0.3, -0.25) is 0 Å². The molecule has 0 bridgehead atoms. The molecule has 1 fully saturated rings. The first kappa shape index (κ1) is 14.0. The average molecular weight is 357 g/mol. The summed E-state index contributed by atoms with van der Waals surface area (Å²) in [7, 11) is 0. The standard InChI is InChI=1S/C14H15BrClN3O/c15-12-4-3-10(16)7-11(12)14-18-13(19-20-14)6-9-2-1-5-17-8-9/h3-4,7,9,17H,1-2,5-6,8H2. The quantitative estimate of drug-likeness (QED) is 0.911. The zero-order chi connectivity index (χ0) is 13.9. The molecule has 1 aliphatic heterocycles. The SMILES string of the molecule is Clc1ccc(Br)c(-c2nc(CC3CCCNC3)no2)c1. The van der Waals surface area contributed by atoms with Gasteiger partial charge in [0.15, 0.2) is 5.82 Å². The van der Waals surface area contributed by atoms with Crippen molar-refractivity contribution in [1.29, 1.82) is 0 Å². The van der Waals surface area contributed by atoms with Crippen LogP contribution in [0.3, 0.4) is 0 Å².